The molecule has 7 nitrogen and oxygen atoms in total. The molecule has 1 N–H and O–H groups in total. The number of rotatable bonds is 8. The van der Waals surface area contributed by atoms with Gasteiger partial charge in [0.15, 0.2) is 17.2 Å². The number of nitrogens with one attached hydrogen (secondary N) is 1. The van der Waals surface area contributed by atoms with Crippen molar-refractivity contribution in [1.82, 2.24) is 9.88 Å². The molecule has 160 valence electrons. The first kappa shape index (κ1) is 21.7. The molecule has 30 heavy (non-hydrogen) atoms. The minimum atomic E-state index is -0.591. The molecule has 0 radical (unpaired) electrons. The third-order valence-corrected chi connectivity index (χ3v) is 5.80. The van der Waals surface area contributed by atoms with Gasteiger partial charge in [0, 0.05) is 18.0 Å². The van der Waals surface area contributed by atoms with Gasteiger partial charge in [-0.1, -0.05) is 13.8 Å². The summed E-state index contributed by atoms with van der Waals surface area (Å²) in [7, 11) is 3.03. The Bertz CT molecular complexity index is 1070. The van der Waals surface area contributed by atoms with Gasteiger partial charge >= 0.3 is 6.09 Å². The van der Waals surface area contributed by atoms with Crippen molar-refractivity contribution in [2.45, 2.75) is 39.3 Å². The van der Waals surface area contributed by atoms with Crippen LogP contribution in [0.1, 0.15) is 38.3 Å². The number of ether oxygens (including phenoxy) is 3. The topological polar surface area (TPSA) is 78.8 Å². The summed E-state index contributed by atoms with van der Waals surface area (Å²) in [5, 5.41) is 7.54. The van der Waals surface area contributed by atoms with E-state index >= 15 is 0 Å². The van der Waals surface area contributed by atoms with Crippen LogP contribution in [0.4, 0.5) is 4.79 Å². The minimum Gasteiger partial charge on any atom is -0.493 e. The highest BCUT2D eigenvalue weighted by Crippen LogP contribution is 2.35. The minimum absolute atomic E-state index is 0.00814. The summed E-state index contributed by atoms with van der Waals surface area (Å²) in [6.07, 6.45) is 2.57. The normalized spacial score (nSPS) is 11.0. The van der Waals surface area contributed by atoms with Gasteiger partial charge in [-0.2, -0.15) is 11.3 Å². The number of nitrogens with zero attached hydrogens (tertiary/aromatic N) is 1. The van der Waals surface area contributed by atoms with Crippen LogP contribution in [0, 0.1) is 0 Å². The van der Waals surface area contributed by atoms with Gasteiger partial charge in [-0.15, -0.1) is 0 Å². The summed E-state index contributed by atoms with van der Waals surface area (Å²) in [6.45, 7) is 4.41. The van der Waals surface area contributed by atoms with Gasteiger partial charge in [-0.25, -0.2) is 4.79 Å². The van der Waals surface area contributed by atoms with Gasteiger partial charge < -0.3 is 24.1 Å². The van der Waals surface area contributed by atoms with E-state index in [9.17, 15) is 9.59 Å². The predicted molar refractivity (Wildman–Crippen MR) is 118 cm³/mol. The number of carbonyl (C=O) groups excluding carboxylic acids is 1. The molecule has 1 aromatic carbocycles. The van der Waals surface area contributed by atoms with Crippen molar-refractivity contribution in [2.24, 2.45) is 0 Å². The highest BCUT2D eigenvalue weighted by molar-refractivity contribution is 7.07. The molecule has 0 aliphatic carbocycles. The summed E-state index contributed by atoms with van der Waals surface area (Å²) in [5.74, 6) is 1.19. The maximum absolute atomic E-state index is 13.2. The van der Waals surface area contributed by atoms with Crippen molar-refractivity contribution < 1.29 is 19.0 Å². The predicted octanol–water partition coefficient (Wildman–Crippen LogP) is 4.73. The maximum Gasteiger partial charge on any atom is 0.412 e. The van der Waals surface area contributed by atoms with E-state index in [2.05, 4.69) is 5.32 Å². The zero-order valence-corrected chi connectivity index (χ0v) is 18.4. The van der Waals surface area contributed by atoms with E-state index in [1.807, 2.05) is 30.7 Å². The number of aromatic nitrogens is 1. The number of benzene rings is 1. The first-order valence-corrected chi connectivity index (χ1v) is 10.7. The van der Waals surface area contributed by atoms with E-state index in [-0.39, 0.29) is 11.6 Å². The lowest BCUT2D eigenvalue weighted by Crippen LogP contribution is -2.28. The fourth-order valence-electron chi connectivity index (χ4n) is 3.39. The molecule has 0 unspecified atom stereocenters. The van der Waals surface area contributed by atoms with Crippen molar-refractivity contribution in [1.29, 1.82) is 0 Å². The van der Waals surface area contributed by atoms with Gasteiger partial charge in [0.2, 0.25) is 0 Å². The standard InChI is InChI=1S/C22H26N2O5S/c1-5-15(6-2)24-12-20(29-22(26)23-11-14-7-8-30-13-14)16-9-18(27-3)19(28-4)10-17(16)21(24)25/h7-10,12-13,15H,5-6,11H2,1-4H3,(H,23,26). The monoisotopic (exact) mass is 430 g/mol. The highest BCUT2D eigenvalue weighted by Gasteiger charge is 2.19. The molecule has 3 aromatic rings. The van der Waals surface area contributed by atoms with Gasteiger partial charge in [0.25, 0.3) is 5.56 Å². The Hall–Kier alpha value is -3.00. The smallest absolute Gasteiger partial charge is 0.412 e. The molecule has 0 saturated carbocycles. The number of hydrogen-bond donors (Lipinski definition) is 1. The molecular weight excluding hydrogens is 404 g/mol. The van der Waals surface area contributed by atoms with Crippen molar-refractivity contribution in [2.75, 3.05) is 14.2 Å². The SMILES string of the molecule is CCC(CC)n1cc(OC(=O)NCc2ccsc2)c2cc(OC)c(OC)cc2c1=O. The number of hydrogen-bond acceptors (Lipinski definition) is 6. The van der Waals surface area contributed by atoms with Crippen molar-refractivity contribution >= 4 is 28.2 Å². The van der Waals surface area contributed by atoms with E-state index in [1.54, 1.807) is 34.2 Å². The third kappa shape index (κ3) is 4.43. The summed E-state index contributed by atoms with van der Waals surface area (Å²) in [6, 6.07) is 5.22. The molecule has 0 aliphatic rings. The average molecular weight is 431 g/mol. The Labute approximate surface area is 179 Å². The van der Waals surface area contributed by atoms with Crippen LogP contribution < -0.4 is 25.1 Å². The fraction of sp³-hybridized carbons (Fsp3) is 0.364. The molecule has 0 aliphatic heterocycles. The molecular formula is C22H26N2O5S. The molecule has 0 bridgehead atoms. The van der Waals surface area contributed by atoms with Crippen LogP contribution in [0.2, 0.25) is 0 Å². The second-order valence-electron chi connectivity index (χ2n) is 6.80. The van der Waals surface area contributed by atoms with Crippen molar-refractivity contribution in [3.8, 4) is 17.2 Å². The first-order valence-electron chi connectivity index (χ1n) is 9.79. The molecule has 0 saturated heterocycles. The fourth-order valence-corrected chi connectivity index (χ4v) is 4.06. The van der Waals surface area contributed by atoms with E-state index in [0.29, 0.717) is 34.6 Å². The second kappa shape index (κ2) is 9.67. The number of amides is 1. The molecule has 0 atom stereocenters. The Kier molecular flexibility index (Phi) is 6.99. The molecule has 0 fully saturated rings. The molecule has 3 rings (SSSR count). The van der Waals surface area contributed by atoms with Crippen molar-refractivity contribution in [3.63, 3.8) is 0 Å². The van der Waals surface area contributed by atoms with E-state index in [0.717, 1.165) is 18.4 Å². The largest absolute Gasteiger partial charge is 0.493 e. The first-order chi connectivity index (χ1) is 14.5. The summed E-state index contributed by atoms with van der Waals surface area (Å²) in [5.41, 5.74) is 0.834. The second-order valence-corrected chi connectivity index (χ2v) is 7.58. The average Bonchev–Trinajstić information content (AvgIpc) is 3.28. The molecule has 0 spiro atoms. The van der Waals surface area contributed by atoms with Crippen LogP contribution in [0.3, 0.4) is 0 Å². The highest BCUT2D eigenvalue weighted by atomic mass is 32.1. The van der Waals surface area contributed by atoms with Crippen LogP contribution in [-0.2, 0) is 6.54 Å². The Morgan fingerprint density at radius 3 is 2.33 bits per heavy atom. The van der Waals surface area contributed by atoms with Gasteiger partial charge in [-0.05, 0) is 47.4 Å². The lowest BCUT2D eigenvalue weighted by molar-refractivity contribution is 0.200. The zero-order chi connectivity index (χ0) is 21.7. The third-order valence-electron chi connectivity index (χ3n) is 5.07. The maximum atomic E-state index is 13.2. The van der Waals surface area contributed by atoms with Crippen LogP contribution in [-0.4, -0.2) is 24.9 Å². The van der Waals surface area contributed by atoms with Gasteiger partial charge in [0.1, 0.15) is 0 Å². The quantitative estimate of drug-likeness (QED) is 0.559. The molecule has 2 heterocycles. The van der Waals surface area contributed by atoms with Crippen LogP contribution in [0.5, 0.6) is 17.2 Å². The van der Waals surface area contributed by atoms with E-state index in [4.69, 9.17) is 14.2 Å². The lowest BCUT2D eigenvalue weighted by atomic mass is 10.1. The number of thiophene rings is 1. The number of carbonyl (C=O) groups is 1. The van der Waals surface area contributed by atoms with Crippen LogP contribution in [0.25, 0.3) is 10.8 Å². The lowest BCUT2D eigenvalue weighted by Gasteiger charge is -2.20. The molecule has 8 heteroatoms. The summed E-state index contributed by atoms with van der Waals surface area (Å²) in [4.78, 5) is 25.6. The van der Waals surface area contributed by atoms with Crippen LogP contribution in [0.15, 0.2) is 40.0 Å². The summed E-state index contributed by atoms with van der Waals surface area (Å²) >= 11 is 1.56. The number of methoxy groups -OCH3 is 2. The van der Waals surface area contributed by atoms with Gasteiger partial charge in [0.05, 0.1) is 25.8 Å². The zero-order valence-electron chi connectivity index (χ0n) is 17.6. The Morgan fingerprint density at radius 2 is 1.77 bits per heavy atom. The Balaban J connectivity index is 2.06. The van der Waals surface area contributed by atoms with E-state index in [1.165, 1.54) is 14.2 Å². The van der Waals surface area contributed by atoms with Crippen LogP contribution >= 0.6 is 11.3 Å². The molecule has 2 aromatic heterocycles. The number of pyridine rings is 1. The Morgan fingerprint density at radius 1 is 1.10 bits per heavy atom. The van der Waals surface area contributed by atoms with Gasteiger partial charge in [-0.3, -0.25) is 4.79 Å². The molecule has 1 amide bonds. The summed E-state index contributed by atoms with van der Waals surface area (Å²) < 4.78 is 18.0. The van der Waals surface area contributed by atoms with E-state index < -0.39 is 6.09 Å². The van der Waals surface area contributed by atoms with Crippen molar-refractivity contribution in [3.05, 3.63) is 51.1 Å². The number of fused-ring (bicyclic) bond motifs is 1.